The van der Waals surface area contributed by atoms with Crippen molar-refractivity contribution in [1.82, 2.24) is 5.32 Å². The van der Waals surface area contributed by atoms with Crippen molar-refractivity contribution in [3.63, 3.8) is 0 Å². The number of halogens is 2. The van der Waals surface area contributed by atoms with Gasteiger partial charge in [-0.3, -0.25) is 4.79 Å². The van der Waals surface area contributed by atoms with Crippen LogP contribution in [0.1, 0.15) is 23.7 Å². The molecule has 0 aliphatic heterocycles. The number of rotatable bonds is 7. The zero-order valence-electron chi connectivity index (χ0n) is 13.1. The number of carbonyl (C=O) groups is 1. The molecule has 0 saturated carbocycles. The third kappa shape index (κ3) is 5.26. The molecule has 0 fully saturated rings. The first-order valence-corrected chi connectivity index (χ1v) is 8.82. The molecule has 5 heteroatoms. The lowest BCUT2D eigenvalue weighted by molar-refractivity contribution is 0.0953. The number of benzene rings is 2. The zero-order chi connectivity index (χ0) is 16.7. The fraction of sp³-hybridized carbons (Fsp3) is 0.278. The number of nitrogens with one attached hydrogen (secondary N) is 1. The van der Waals surface area contributed by atoms with Crippen molar-refractivity contribution in [2.24, 2.45) is 0 Å². The topological polar surface area (TPSA) is 32.3 Å². The Kier molecular flexibility index (Phi) is 6.93. The third-order valence-corrected chi connectivity index (χ3v) is 4.39. The molecule has 0 bridgehead atoms. The molecule has 0 aromatic heterocycles. The minimum Gasteiger partial charge on any atom is -0.372 e. The predicted octanol–water partition coefficient (Wildman–Crippen LogP) is 4.75. The van der Waals surface area contributed by atoms with Gasteiger partial charge in [0.1, 0.15) is 0 Å². The van der Waals surface area contributed by atoms with Gasteiger partial charge in [0.15, 0.2) is 0 Å². The highest BCUT2D eigenvalue weighted by Gasteiger charge is 2.10. The van der Waals surface area contributed by atoms with Crippen LogP contribution in [0, 0.1) is 0 Å². The summed E-state index contributed by atoms with van der Waals surface area (Å²) in [5, 5.41) is 3.39. The average molecular weight is 396 g/mol. The van der Waals surface area contributed by atoms with Crippen LogP contribution in [-0.4, -0.2) is 25.5 Å². The smallest absolute Gasteiger partial charge is 0.252 e. The van der Waals surface area contributed by atoms with Gasteiger partial charge in [-0.25, -0.2) is 0 Å². The van der Waals surface area contributed by atoms with Gasteiger partial charge in [0.25, 0.3) is 5.91 Å². The second kappa shape index (κ2) is 8.94. The van der Waals surface area contributed by atoms with Gasteiger partial charge in [-0.05, 0) is 43.7 Å². The summed E-state index contributed by atoms with van der Waals surface area (Å²) in [5.74, 6) is -0.140. The molecule has 0 atom stereocenters. The van der Waals surface area contributed by atoms with Crippen LogP contribution in [0.4, 0.5) is 5.69 Å². The summed E-state index contributed by atoms with van der Waals surface area (Å²) in [6, 6.07) is 15.6. The number of carbonyl (C=O) groups excluding carboxylic acids is 1. The zero-order valence-corrected chi connectivity index (χ0v) is 15.4. The van der Waals surface area contributed by atoms with Crippen molar-refractivity contribution in [1.29, 1.82) is 0 Å². The van der Waals surface area contributed by atoms with Crippen LogP contribution >= 0.6 is 27.5 Å². The summed E-state index contributed by atoms with van der Waals surface area (Å²) < 4.78 is 0.841. The normalized spacial score (nSPS) is 10.4. The number of anilines is 1. The molecule has 0 aliphatic rings. The molecular weight excluding hydrogens is 376 g/mol. The first-order chi connectivity index (χ1) is 11.1. The van der Waals surface area contributed by atoms with Gasteiger partial charge in [-0.1, -0.05) is 45.7 Å². The highest BCUT2D eigenvalue weighted by molar-refractivity contribution is 9.10. The van der Waals surface area contributed by atoms with Crippen molar-refractivity contribution in [2.45, 2.75) is 13.3 Å². The van der Waals surface area contributed by atoms with Crippen LogP contribution < -0.4 is 10.2 Å². The van der Waals surface area contributed by atoms with E-state index in [9.17, 15) is 4.79 Å². The van der Waals surface area contributed by atoms with Crippen LogP contribution in [0.5, 0.6) is 0 Å². The molecule has 0 aliphatic carbocycles. The Morgan fingerprint density at radius 2 is 1.96 bits per heavy atom. The molecule has 0 saturated heterocycles. The van der Waals surface area contributed by atoms with E-state index in [1.165, 1.54) is 5.69 Å². The van der Waals surface area contributed by atoms with E-state index in [-0.39, 0.29) is 5.91 Å². The first-order valence-electron chi connectivity index (χ1n) is 7.65. The summed E-state index contributed by atoms with van der Waals surface area (Å²) in [7, 11) is 0. The second-order valence-corrected chi connectivity index (χ2v) is 6.47. The van der Waals surface area contributed by atoms with Crippen LogP contribution in [-0.2, 0) is 0 Å². The predicted molar refractivity (Wildman–Crippen MR) is 100 cm³/mol. The summed E-state index contributed by atoms with van der Waals surface area (Å²) in [4.78, 5) is 14.5. The van der Waals surface area contributed by atoms with E-state index in [0.717, 1.165) is 24.0 Å². The van der Waals surface area contributed by atoms with Crippen molar-refractivity contribution in [3.05, 3.63) is 63.6 Å². The van der Waals surface area contributed by atoms with E-state index in [1.807, 2.05) is 24.3 Å². The van der Waals surface area contributed by atoms with Crippen LogP contribution in [0.15, 0.2) is 53.0 Å². The Balaban J connectivity index is 1.82. The molecule has 3 nitrogen and oxygen atoms in total. The van der Waals surface area contributed by atoms with Gasteiger partial charge in [0, 0.05) is 29.8 Å². The second-order valence-electron chi connectivity index (χ2n) is 5.15. The first kappa shape index (κ1) is 17.8. The summed E-state index contributed by atoms with van der Waals surface area (Å²) in [6.45, 7) is 4.58. The molecule has 0 radical (unpaired) electrons. The Morgan fingerprint density at radius 3 is 2.65 bits per heavy atom. The fourth-order valence-electron chi connectivity index (χ4n) is 2.35. The molecule has 0 heterocycles. The minimum atomic E-state index is -0.140. The molecular formula is C18H20BrClN2O. The molecule has 2 aromatic rings. The third-order valence-electron chi connectivity index (χ3n) is 3.57. The quantitative estimate of drug-likeness (QED) is 0.686. The molecule has 1 N–H and O–H groups in total. The molecule has 122 valence electrons. The van der Waals surface area contributed by atoms with Gasteiger partial charge in [-0.15, -0.1) is 0 Å². The molecule has 23 heavy (non-hydrogen) atoms. The number of nitrogens with zero attached hydrogens (tertiary/aromatic N) is 1. The van der Waals surface area contributed by atoms with Crippen LogP contribution in [0.2, 0.25) is 5.02 Å². The molecule has 0 unspecified atom stereocenters. The molecule has 0 spiro atoms. The Morgan fingerprint density at radius 1 is 1.22 bits per heavy atom. The number of para-hydroxylation sites is 1. The molecule has 2 aromatic carbocycles. The largest absolute Gasteiger partial charge is 0.372 e. The van der Waals surface area contributed by atoms with E-state index < -0.39 is 0 Å². The number of hydrogen-bond donors (Lipinski definition) is 1. The number of amides is 1. The Bertz CT molecular complexity index is 649. The van der Waals surface area contributed by atoms with Gasteiger partial charge >= 0.3 is 0 Å². The Labute approximate surface area is 150 Å². The van der Waals surface area contributed by atoms with Crippen molar-refractivity contribution >= 4 is 39.1 Å². The van der Waals surface area contributed by atoms with Crippen LogP contribution in [0.3, 0.4) is 0 Å². The van der Waals surface area contributed by atoms with E-state index in [4.69, 9.17) is 11.6 Å². The monoisotopic (exact) mass is 394 g/mol. The van der Waals surface area contributed by atoms with Crippen molar-refractivity contribution in [3.8, 4) is 0 Å². The van der Waals surface area contributed by atoms with Gasteiger partial charge < -0.3 is 10.2 Å². The van der Waals surface area contributed by atoms with Gasteiger partial charge in [-0.2, -0.15) is 0 Å². The average Bonchev–Trinajstić information content (AvgIpc) is 2.57. The maximum absolute atomic E-state index is 12.2. The number of hydrogen-bond acceptors (Lipinski definition) is 2. The summed E-state index contributed by atoms with van der Waals surface area (Å²) in [5.41, 5.74) is 1.70. The van der Waals surface area contributed by atoms with Gasteiger partial charge in [0.05, 0.1) is 10.6 Å². The van der Waals surface area contributed by atoms with Gasteiger partial charge in [0.2, 0.25) is 0 Å². The van der Waals surface area contributed by atoms with E-state index in [1.54, 1.807) is 12.1 Å². The summed E-state index contributed by atoms with van der Waals surface area (Å²) in [6.07, 6.45) is 0.875. The molecule has 1 amide bonds. The van der Waals surface area contributed by atoms with Crippen LogP contribution in [0.25, 0.3) is 0 Å². The van der Waals surface area contributed by atoms with E-state index >= 15 is 0 Å². The van der Waals surface area contributed by atoms with E-state index in [2.05, 4.69) is 45.2 Å². The lowest BCUT2D eigenvalue weighted by Gasteiger charge is -2.23. The minimum absolute atomic E-state index is 0.140. The maximum atomic E-state index is 12.2. The lowest BCUT2D eigenvalue weighted by atomic mass is 10.2. The molecule has 2 rings (SSSR count). The SMILES string of the molecule is CCN(CCCNC(=O)c1cc(Br)ccc1Cl)c1ccccc1. The highest BCUT2D eigenvalue weighted by Crippen LogP contribution is 2.20. The highest BCUT2D eigenvalue weighted by atomic mass is 79.9. The van der Waals surface area contributed by atoms with E-state index in [0.29, 0.717) is 17.1 Å². The van der Waals surface area contributed by atoms with Crippen molar-refractivity contribution < 1.29 is 4.79 Å². The Hall–Kier alpha value is -1.52. The fourth-order valence-corrected chi connectivity index (χ4v) is 2.91. The van der Waals surface area contributed by atoms with Crippen molar-refractivity contribution in [2.75, 3.05) is 24.5 Å². The lowest BCUT2D eigenvalue weighted by Crippen LogP contribution is -2.30. The maximum Gasteiger partial charge on any atom is 0.252 e. The standard InChI is InChI=1S/C18H20BrClN2O/c1-2-22(15-7-4-3-5-8-15)12-6-11-21-18(23)16-13-14(19)9-10-17(16)20/h3-5,7-10,13H,2,6,11-12H2,1H3,(H,21,23). The summed E-state index contributed by atoms with van der Waals surface area (Å²) >= 11 is 9.42.